The number of likely N-dealkylation sites (tertiary alicyclic amines) is 1. The smallest absolute Gasteiger partial charge is 0.224 e. The number of nitrogens with two attached hydrogens (primary N) is 1. The summed E-state index contributed by atoms with van der Waals surface area (Å²) in [7, 11) is 0. The molecule has 2 heterocycles. The summed E-state index contributed by atoms with van der Waals surface area (Å²) in [6, 6.07) is 3.98. The topological polar surface area (TPSA) is 67.6 Å². The molecule has 1 aromatic carbocycles. The molecule has 23 heavy (non-hydrogen) atoms. The average Bonchev–Trinajstić information content (AvgIpc) is 3.01. The minimum atomic E-state index is 0.0449. The van der Waals surface area contributed by atoms with Crippen molar-refractivity contribution in [3.05, 3.63) is 28.3 Å². The fourth-order valence-electron chi connectivity index (χ4n) is 3.46. The summed E-state index contributed by atoms with van der Waals surface area (Å²) >= 11 is 6.23. The minimum Gasteiger partial charge on any atom is -0.493 e. The van der Waals surface area contributed by atoms with E-state index in [1.54, 1.807) is 0 Å². The molecule has 126 valence electrons. The van der Waals surface area contributed by atoms with Crippen LogP contribution in [0.2, 0.25) is 5.02 Å². The van der Waals surface area contributed by atoms with Crippen molar-refractivity contribution in [2.24, 2.45) is 11.7 Å². The standard InChI is InChI=1S/C17H24ClN3O2/c18-15-8-12-3-7-23-16(12)14(9-15)11-21-6-1-2-13(10-21)17(22)20-5-4-19/h8-9,13H,1-7,10-11,19H2,(H,20,22). The van der Waals surface area contributed by atoms with Crippen LogP contribution in [0.25, 0.3) is 0 Å². The van der Waals surface area contributed by atoms with Crippen molar-refractivity contribution in [2.45, 2.75) is 25.8 Å². The number of benzene rings is 1. The SMILES string of the molecule is NCCNC(=O)C1CCCN(Cc2cc(Cl)cc3c2OCC3)C1. The molecule has 2 aliphatic heterocycles. The zero-order chi connectivity index (χ0) is 16.2. The Morgan fingerprint density at radius 2 is 2.35 bits per heavy atom. The van der Waals surface area contributed by atoms with Crippen LogP contribution in [-0.4, -0.2) is 43.6 Å². The summed E-state index contributed by atoms with van der Waals surface area (Å²) in [5.41, 5.74) is 7.78. The van der Waals surface area contributed by atoms with Gasteiger partial charge in [0.05, 0.1) is 12.5 Å². The van der Waals surface area contributed by atoms with Gasteiger partial charge in [-0.1, -0.05) is 11.6 Å². The molecule has 0 spiro atoms. The van der Waals surface area contributed by atoms with Crippen LogP contribution in [0.15, 0.2) is 12.1 Å². The van der Waals surface area contributed by atoms with Gasteiger partial charge in [0, 0.05) is 43.2 Å². The predicted molar refractivity (Wildman–Crippen MR) is 90.7 cm³/mol. The Balaban J connectivity index is 1.65. The Hall–Kier alpha value is -1.30. The molecule has 0 bridgehead atoms. The lowest BCUT2D eigenvalue weighted by atomic mass is 9.96. The van der Waals surface area contributed by atoms with Gasteiger partial charge in [0.25, 0.3) is 0 Å². The number of carbonyl (C=O) groups excluding carboxylic acids is 1. The third kappa shape index (κ3) is 3.97. The van der Waals surface area contributed by atoms with Gasteiger partial charge in [-0.05, 0) is 37.1 Å². The number of carbonyl (C=O) groups is 1. The Morgan fingerprint density at radius 3 is 3.17 bits per heavy atom. The number of hydrogen-bond donors (Lipinski definition) is 2. The van der Waals surface area contributed by atoms with Gasteiger partial charge in [0.15, 0.2) is 0 Å². The molecule has 1 atom stereocenters. The molecule has 3 rings (SSSR count). The van der Waals surface area contributed by atoms with Gasteiger partial charge in [-0.25, -0.2) is 0 Å². The number of nitrogens with zero attached hydrogens (tertiary/aromatic N) is 1. The Labute approximate surface area is 142 Å². The van der Waals surface area contributed by atoms with Crippen molar-refractivity contribution in [2.75, 3.05) is 32.8 Å². The molecule has 5 nitrogen and oxygen atoms in total. The predicted octanol–water partition coefficient (Wildman–Crippen LogP) is 1.56. The molecule has 1 aromatic rings. The zero-order valence-corrected chi connectivity index (χ0v) is 14.1. The third-order valence-electron chi connectivity index (χ3n) is 4.54. The highest BCUT2D eigenvalue weighted by Crippen LogP contribution is 2.34. The summed E-state index contributed by atoms with van der Waals surface area (Å²) in [6.07, 6.45) is 2.90. The van der Waals surface area contributed by atoms with Gasteiger partial charge in [0.1, 0.15) is 5.75 Å². The molecule has 0 aliphatic carbocycles. The van der Waals surface area contributed by atoms with E-state index < -0.39 is 0 Å². The highest BCUT2D eigenvalue weighted by Gasteiger charge is 2.27. The maximum absolute atomic E-state index is 12.2. The third-order valence-corrected chi connectivity index (χ3v) is 4.76. The second kappa shape index (κ2) is 7.51. The van der Waals surface area contributed by atoms with E-state index in [4.69, 9.17) is 22.1 Å². The highest BCUT2D eigenvalue weighted by molar-refractivity contribution is 6.30. The van der Waals surface area contributed by atoms with Crippen molar-refractivity contribution >= 4 is 17.5 Å². The van der Waals surface area contributed by atoms with Crippen LogP contribution < -0.4 is 15.8 Å². The molecule has 1 saturated heterocycles. The van der Waals surface area contributed by atoms with Gasteiger partial charge in [-0.3, -0.25) is 9.69 Å². The first-order valence-electron chi connectivity index (χ1n) is 8.31. The summed E-state index contributed by atoms with van der Waals surface area (Å²) in [4.78, 5) is 14.5. The number of amides is 1. The Bertz CT molecular complexity index is 579. The molecule has 0 radical (unpaired) electrons. The molecule has 0 aromatic heterocycles. The van der Waals surface area contributed by atoms with Gasteiger partial charge in [-0.2, -0.15) is 0 Å². The van der Waals surface area contributed by atoms with Crippen LogP contribution in [-0.2, 0) is 17.8 Å². The van der Waals surface area contributed by atoms with Gasteiger partial charge in [-0.15, -0.1) is 0 Å². The normalized spacial score (nSPS) is 20.9. The second-order valence-electron chi connectivity index (χ2n) is 6.31. The first kappa shape index (κ1) is 16.6. The van der Waals surface area contributed by atoms with E-state index in [-0.39, 0.29) is 11.8 Å². The number of hydrogen-bond acceptors (Lipinski definition) is 4. The summed E-state index contributed by atoms with van der Waals surface area (Å²) in [6.45, 7) is 4.31. The molecule has 1 amide bonds. The lowest BCUT2D eigenvalue weighted by Crippen LogP contribution is -2.43. The van der Waals surface area contributed by atoms with Crippen molar-refractivity contribution < 1.29 is 9.53 Å². The van der Waals surface area contributed by atoms with Crippen LogP contribution in [0, 0.1) is 5.92 Å². The van der Waals surface area contributed by atoms with Crippen LogP contribution in [0.5, 0.6) is 5.75 Å². The van der Waals surface area contributed by atoms with E-state index in [1.807, 2.05) is 12.1 Å². The number of piperidine rings is 1. The minimum absolute atomic E-state index is 0.0449. The van der Waals surface area contributed by atoms with Crippen molar-refractivity contribution in [1.29, 1.82) is 0 Å². The quantitative estimate of drug-likeness (QED) is 0.855. The molecule has 2 aliphatic rings. The first-order chi connectivity index (χ1) is 11.2. The molecule has 1 fully saturated rings. The Morgan fingerprint density at radius 1 is 1.48 bits per heavy atom. The molecule has 3 N–H and O–H groups in total. The van der Waals surface area contributed by atoms with E-state index in [0.717, 1.165) is 61.8 Å². The summed E-state index contributed by atoms with van der Waals surface area (Å²) < 4.78 is 5.78. The number of halogens is 1. The van der Waals surface area contributed by atoms with E-state index in [0.29, 0.717) is 13.1 Å². The van der Waals surface area contributed by atoms with Crippen molar-refractivity contribution in [3.63, 3.8) is 0 Å². The van der Waals surface area contributed by atoms with Crippen LogP contribution in [0.3, 0.4) is 0 Å². The summed E-state index contributed by atoms with van der Waals surface area (Å²) in [5, 5.41) is 3.66. The van der Waals surface area contributed by atoms with E-state index in [1.165, 1.54) is 5.56 Å². The average molecular weight is 338 g/mol. The first-order valence-corrected chi connectivity index (χ1v) is 8.69. The fourth-order valence-corrected chi connectivity index (χ4v) is 3.72. The molecule has 1 unspecified atom stereocenters. The van der Waals surface area contributed by atoms with E-state index in [2.05, 4.69) is 10.2 Å². The van der Waals surface area contributed by atoms with E-state index >= 15 is 0 Å². The van der Waals surface area contributed by atoms with Crippen LogP contribution >= 0.6 is 11.6 Å². The maximum atomic E-state index is 12.2. The second-order valence-corrected chi connectivity index (χ2v) is 6.74. The number of nitrogens with one attached hydrogen (secondary N) is 1. The zero-order valence-electron chi connectivity index (χ0n) is 13.3. The van der Waals surface area contributed by atoms with Crippen LogP contribution in [0.4, 0.5) is 0 Å². The summed E-state index contributed by atoms with van der Waals surface area (Å²) in [5.74, 6) is 1.15. The van der Waals surface area contributed by atoms with Crippen molar-refractivity contribution in [3.8, 4) is 5.75 Å². The number of rotatable bonds is 5. The lowest BCUT2D eigenvalue weighted by Gasteiger charge is -2.32. The van der Waals surface area contributed by atoms with Gasteiger partial charge in [0.2, 0.25) is 5.91 Å². The largest absolute Gasteiger partial charge is 0.493 e. The Kier molecular flexibility index (Phi) is 5.41. The number of fused-ring (bicyclic) bond motifs is 1. The van der Waals surface area contributed by atoms with E-state index in [9.17, 15) is 4.79 Å². The number of ether oxygens (including phenoxy) is 1. The molecular weight excluding hydrogens is 314 g/mol. The van der Waals surface area contributed by atoms with Gasteiger partial charge >= 0.3 is 0 Å². The molecular formula is C17H24ClN3O2. The van der Waals surface area contributed by atoms with Crippen molar-refractivity contribution in [1.82, 2.24) is 10.2 Å². The van der Waals surface area contributed by atoms with Crippen LogP contribution in [0.1, 0.15) is 24.0 Å². The fraction of sp³-hybridized carbons (Fsp3) is 0.588. The molecule has 0 saturated carbocycles. The van der Waals surface area contributed by atoms with Gasteiger partial charge < -0.3 is 15.8 Å². The monoisotopic (exact) mass is 337 g/mol. The lowest BCUT2D eigenvalue weighted by molar-refractivity contribution is -0.126. The maximum Gasteiger partial charge on any atom is 0.224 e. The highest BCUT2D eigenvalue weighted by atomic mass is 35.5. The molecule has 6 heteroatoms.